The number of azide groups is 1. The summed E-state index contributed by atoms with van der Waals surface area (Å²) in [5.41, 5.74) is 9.35. The Morgan fingerprint density at radius 2 is 2.31 bits per heavy atom. The Bertz CT molecular complexity index is 550. The van der Waals surface area contributed by atoms with E-state index in [0.29, 0.717) is 6.54 Å². The van der Waals surface area contributed by atoms with Crippen LogP contribution in [0.4, 0.5) is 0 Å². The van der Waals surface area contributed by atoms with Crippen molar-refractivity contribution in [2.45, 2.75) is 6.42 Å². The molecule has 4 heteroatoms. The van der Waals surface area contributed by atoms with Gasteiger partial charge in [0, 0.05) is 16.2 Å². The third-order valence-electron chi connectivity index (χ3n) is 2.29. The number of hydrogen-bond donors (Lipinski definition) is 0. The molecule has 0 unspecified atom stereocenters. The molecule has 1 heterocycles. The van der Waals surface area contributed by atoms with Crippen LogP contribution in [0.25, 0.3) is 26.6 Å². The highest BCUT2D eigenvalue weighted by Gasteiger charge is 1.97. The third-order valence-corrected chi connectivity index (χ3v) is 3.17. The summed E-state index contributed by atoms with van der Waals surface area (Å²) in [5, 5.41) is 6.87. The van der Waals surface area contributed by atoms with Crippen LogP contribution in [0.1, 0.15) is 12.0 Å². The highest BCUT2D eigenvalue weighted by Crippen LogP contribution is 2.24. The van der Waals surface area contributed by atoms with Gasteiger partial charge in [-0.05, 0) is 40.4 Å². The second-order valence-electron chi connectivity index (χ2n) is 3.33. The van der Waals surface area contributed by atoms with Crippen LogP contribution in [0.5, 0.6) is 0 Å². The lowest BCUT2D eigenvalue weighted by atomic mass is 10.1. The molecule has 0 saturated heterocycles. The first-order valence-electron chi connectivity index (χ1n) is 5.05. The molecule has 0 radical (unpaired) electrons. The fourth-order valence-electron chi connectivity index (χ4n) is 1.55. The molecule has 0 amide bonds. The number of nitrogens with zero attached hydrogens (tertiary/aromatic N) is 3. The Morgan fingerprint density at radius 1 is 1.38 bits per heavy atom. The average molecular weight is 229 g/mol. The van der Waals surface area contributed by atoms with E-state index in [1.807, 2.05) is 6.08 Å². The van der Waals surface area contributed by atoms with Gasteiger partial charge in [-0.1, -0.05) is 29.4 Å². The molecular formula is C12H11N3S. The van der Waals surface area contributed by atoms with Crippen LogP contribution in [0.2, 0.25) is 0 Å². The Kier molecular flexibility index (Phi) is 3.59. The van der Waals surface area contributed by atoms with Crippen LogP contribution in [0.15, 0.2) is 40.8 Å². The molecule has 0 aliphatic rings. The molecule has 80 valence electrons. The van der Waals surface area contributed by atoms with Gasteiger partial charge >= 0.3 is 0 Å². The molecule has 2 aromatic rings. The van der Waals surface area contributed by atoms with Gasteiger partial charge in [0.25, 0.3) is 0 Å². The first-order chi connectivity index (χ1) is 7.92. The van der Waals surface area contributed by atoms with E-state index < -0.39 is 0 Å². The van der Waals surface area contributed by atoms with Gasteiger partial charge in [-0.25, -0.2) is 0 Å². The van der Waals surface area contributed by atoms with Crippen LogP contribution < -0.4 is 0 Å². The van der Waals surface area contributed by atoms with Crippen molar-refractivity contribution in [2.24, 2.45) is 5.11 Å². The minimum atomic E-state index is 0.520. The topological polar surface area (TPSA) is 48.8 Å². The van der Waals surface area contributed by atoms with Crippen molar-refractivity contribution in [3.63, 3.8) is 0 Å². The average Bonchev–Trinajstić information content (AvgIpc) is 2.77. The van der Waals surface area contributed by atoms with Crippen LogP contribution in [-0.4, -0.2) is 6.54 Å². The van der Waals surface area contributed by atoms with E-state index in [-0.39, 0.29) is 0 Å². The van der Waals surface area contributed by atoms with Gasteiger partial charge in [-0.3, -0.25) is 0 Å². The maximum atomic E-state index is 8.13. The molecule has 0 aliphatic heterocycles. The monoisotopic (exact) mass is 229 g/mol. The summed E-state index contributed by atoms with van der Waals surface area (Å²) in [7, 11) is 0. The molecule has 3 nitrogen and oxygen atoms in total. The number of hydrogen-bond acceptors (Lipinski definition) is 2. The number of fused-ring (bicyclic) bond motifs is 1. The standard InChI is InChI=1S/C12H11N3S/c13-15-14-8-2-1-4-10-5-3-6-12-11(10)7-9-16-12/h1,3-7,9H,2,8H2. The van der Waals surface area contributed by atoms with Crippen LogP contribution in [0.3, 0.4) is 0 Å². The number of thiophene rings is 1. The zero-order valence-corrected chi connectivity index (χ0v) is 9.52. The van der Waals surface area contributed by atoms with E-state index in [1.165, 1.54) is 15.6 Å². The molecule has 0 bridgehead atoms. The summed E-state index contributed by atoms with van der Waals surface area (Å²) in [5.74, 6) is 0. The van der Waals surface area contributed by atoms with Crippen LogP contribution in [-0.2, 0) is 0 Å². The van der Waals surface area contributed by atoms with Gasteiger partial charge in [0.1, 0.15) is 0 Å². The smallest absolute Gasteiger partial charge is 0.0348 e. The summed E-state index contributed by atoms with van der Waals surface area (Å²) in [4.78, 5) is 2.71. The van der Waals surface area contributed by atoms with Crippen molar-refractivity contribution < 1.29 is 0 Å². The van der Waals surface area contributed by atoms with Gasteiger partial charge in [-0.15, -0.1) is 11.3 Å². The molecule has 0 saturated carbocycles. The largest absolute Gasteiger partial charge is 0.144 e. The fraction of sp³-hybridized carbons (Fsp3) is 0.167. The molecule has 0 spiro atoms. The Morgan fingerprint density at radius 3 is 3.19 bits per heavy atom. The summed E-state index contributed by atoms with van der Waals surface area (Å²) in [6.45, 7) is 0.520. The van der Waals surface area contributed by atoms with Crippen LogP contribution >= 0.6 is 11.3 Å². The summed E-state index contributed by atoms with van der Waals surface area (Å²) < 4.78 is 1.30. The number of benzene rings is 1. The molecule has 2 rings (SSSR count). The maximum absolute atomic E-state index is 8.13. The van der Waals surface area contributed by atoms with E-state index in [0.717, 1.165) is 6.42 Å². The second kappa shape index (κ2) is 5.35. The van der Waals surface area contributed by atoms with Gasteiger partial charge < -0.3 is 0 Å². The van der Waals surface area contributed by atoms with Gasteiger partial charge in [0.2, 0.25) is 0 Å². The zero-order valence-electron chi connectivity index (χ0n) is 8.71. The quantitative estimate of drug-likeness (QED) is 0.318. The van der Waals surface area contributed by atoms with Gasteiger partial charge in [0.05, 0.1) is 0 Å². The molecule has 1 aromatic heterocycles. The summed E-state index contributed by atoms with van der Waals surface area (Å²) >= 11 is 1.75. The third kappa shape index (κ3) is 2.42. The van der Waals surface area contributed by atoms with Gasteiger partial charge in [0.15, 0.2) is 0 Å². The van der Waals surface area contributed by atoms with E-state index in [1.54, 1.807) is 11.3 Å². The molecule has 0 atom stereocenters. The fourth-order valence-corrected chi connectivity index (χ4v) is 2.37. The van der Waals surface area contributed by atoms with E-state index in [4.69, 9.17) is 5.53 Å². The van der Waals surface area contributed by atoms with Crippen molar-refractivity contribution in [3.8, 4) is 0 Å². The zero-order chi connectivity index (χ0) is 11.2. The minimum Gasteiger partial charge on any atom is -0.144 e. The normalized spacial score (nSPS) is 10.8. The minimum absolute atomic E-state index is 0.520. The van der Waals surface area contributed by atoms with Crippen LogP contribution in [0, 0.1) is 0 Å². The predicted molar refractivity (Wildman–Crippen MR) is 69.5 cm³/mol. The first kappa shape index (κ1) is 10.7. The lowest BCUT2D eigenvalue weighted by Gasteiger charge is -1.95. The Labute approximate surface area is 97.7 Å². The van der Waals surface area contributed by atoms with Crippen molar-refractivity contribution in [3.05, 3.63) is 51.7 Å². The lowest BCUT2D eigenvalue weighted by molar-refractivity contribution is 0.996. The molecule has 16 heavy (non-hydrogen) atoms. The lowest BCUT2D eigenvalue weighted by Crippen LogP contribution is -1.75. The highest BCUT2D eigenvalue weighted by atomic mass is 32.1. The van der Waals surface area contributed by atoms with E-state index >= 15 is 0 Å². The van der Waals surface area contributed by atoms with Crippen molar-refractivity contribution in [1.82, 2.24) is 0 Å². The Balaban J connectivity index is 2.14. The molecular weight excluding hydrogens is 218 g/mol. The maximum Gasteiger partial charge on any atom is 0.0348 e. The highest BCUT2D eigenvalue weighted by molar-refractivity contribution is 7.17. The van der Waals surface area contributed by atoms with E-state index in [9.17, 15) is 0 Å². The van der Waals surface area contributed by atoms with Crippen molar-refractivity contribution in [1.29, 1.82) is 0 Å². The van der Waals surface area contributed by atoms with Crippen molar-refractivity contribution in [2.75, 3.05) is 6.54 Å². The summed E-state index contributed by atoms with van der Waals surface area (Å²) in [6.07, 6.45) is 4.91. The van der Waals surface area contributed by atoms with E-state index in [2.05, 4.69) is 45.7 Å². The predicted octanol–water partition coefficient (Wildman–Crippen LogP) is 4.61. The molecule has 0 fully saturated rings. The molecule has 0 aliphatic carbocycles. The Hall–Kier alpha value is -1.77. The molecule has 0 N–H and O–H groups in total. The SMILES string of the molecule is [N-]=[N+]=NCCC=Cc1cccc2sccc12. The second-order valence-corrected chi connectivity index (χ2v) is 4.27. The summed E-state index contributed by atoms with van der Waals surface area (Å²) in [6, 6.07) is 8.41. The van der Waals surface area contributed by atoms with Gasteiger partial charge in [-0.2, -0.15) is 0 Å². The number of rotatable bonds is 4. The first-order valence-corrected chi connectivity index (χ1v) is 5.93. The molecule has 1 aromatic carbocycles. The van der Waals surface area contributed by atoms with Crippen molar-refractivity contribution >= 4 is 27.5 Å².